The highest BCUT2D eigenvalue weighted by Gasteiger charge is 2.43. The van der Waals surface area contributed by atoms with Crippen LogP contribution in [0.3, 0.4) is 0 Å². The van der Waals surface area contributed by atoms with Gasteiger partial charge in [0.1, 0.15) is 5.82 Å². The largest absolute Gasteiger partial charge is 0.373 e. The zero-order valence-electron chi connectivity index (χ0n) is 27.2. The molecule has 2 aliphatic heterocycles. The number of fused-ring (bicyclic) bond motifs is 1. The molecule has 11 heteroatoms. The molecular formula is C34H49FN4O6. The number of nitrogens with one attached hydrogen (secondary N) is 2. The second kappa shape index (κ2) is 18.4. The molecule has 0 radical (unpaired) electrons. The van der Waals surface area contributed by atoms with E-state index in [0.29, 0.717) is 36.9 Å². The van der Waals surface area contributed by atoms with Crippen LogP contribution in [-0.2, 0) is 28.5 Å². The van der Waals surface area contributed by atoms with Crippen LogP contribution in [0.2, 0.25) is 0 Å². The van der Waals surface area contributed by atoms with E-state index in [1.54, 1.807) is 12.1 Å². The topological polar surface area (TPSA) is 135 Å². The zero-order chi connectivity index (χ0) is 34.4. The number of benzene rings is 2. The van der Waals surface area contributed by atoms with E-state index in [9.17, 15) is 24.9 Å². The van der Waals surface area contributed by atoms with E-state index >= 15 is 4.39 Å². The number of carbonyl (C=O) groups excluding carboxylic acids is 2. The SMILES string of the molecule is C#C.C=CCCC(O)(C=O)N1Cc2c(NC(O)(O)c3cccc(CN4CC(C)OC(C)C4)c3F)cccc2C1=O.CC.CNC. The van der Waals surface area contributed by atoms with Crippen molar-refractivity contribution in [3.63, 3.8) is 0 Å². The number of terminal acetylenes is 1. The molecule has 0 aromatic heterocycles. The second-order valence-corrected chi connectivity index (χ2v) is 10.6. The number of anilines is 1. The van der Waals surface area contributed by atoms with Crippen LogP contribution in [0.25, 0.3) is 0 Å². The molecule has 248 valence electrons. The van der Waals surface area contributed by atoms with E-state index in [4.69, 9.17) is 4.74 Å². The molecule has 1 fully saturated rings. The minimum Gasteiger partial charge on any atom is -0.373 e. The van der Waals surface area contributed by atoms with Gasteiger partial charge < -0.3 is 30.7 Å². The summed E-state index contributed by atoms with van der Waals surface area (Å²) < 4.78 is 21.3. The number of aliphatic hydroxyl groups is 3. The van der Waals surface area contributed by atoms with Gasteiger partial charge in [-0.15, -0.1) is 19.4 Å². The predicted molar refractivity (Wildman–Crippen MR) is 174 cm³/mol. The number of ether oxygens (including phenoxy) is 1. The molecule has 0 spiro atoms. The maximum atomic E-state index is 15.6. The lowest BCUT2D eigenvalue weighted by Crippen LogP contribution is -2.50. The zero-order valence-corrected chi connectivity index (χ0v) is 27.2. The Morgan fingerprint density at radius 2 is 1.67 bits per heavy atom. The second-order valence-electron chi connectivity index (χ2n) is 10.6. The predicted octanol–water partition coefficient (Wildman–Crippen LogP) is 3.56. The number of morpholine rings is 1. The van der Waals surface area contributed by atoms with Crippen molar-refractivity contribution in [1.82, 2.24) is 15.1 Å². The highest BCUT2D eigenvalue weighted by Crippen LogP contribution is 2.36. The maximum Gasteiger partial charge on any atom is 0.275 e. The van der Waals surface area contributed by atoms with Gasteiger partial charge in [0, 0.05) is 48.4 Å². The Morgan fingerprint density at radius 1 is 1.09 bits per heavy atom. The molecule has 2 aromatic carbocycles. The standard InChI is InChI=1S/C28H34FN3O6.C2H7N.C2H6.C2H2/c1-4-5-12-27(35,17-33)32-16-22-21(26(32)34)9-7-11-24(22)30-28(36,37)23-10-6-8-20(25(23)29)15-31-13-18(2)38-19(3)14-31;1-3-2;2*1-2/h4,6-11,17-19,30,35-37H,1,5,12-16H2,2-3H3;3H,1-2H3;1-2H3;1-2H. The number of hydrogen-bond donors (Lipinski definition) is 5. The third-order valence-electron chi connectivity index (χ3n) is 6.99. The molecule has 3 unspecified atom stereocenters. The van der Waals surface area contributed by atoms with E-state index in [0.717, 1.165) is 4.90 Å². The molecule has 45 heavy (non-hydrogen) atoms. The number of amides is 1. The molecule has 0 bridgehead atoms. The Morgan fingerprint density at radius 3 is 2.22 bits per heavy atom. The van der Waals surface area contributed by atoms with Gasteiger partial charge in [0.25, 0.3) is 11.8 Å². The first-order chi connectivity index (χ1) is 21.4. The molecule has 2 aliphatic rings. The van der Waals surface area contributed by atoms with Crippen molar-refractivity contribution in [3.8, 4) is 12.8 Å². The fourth-order valence-corrected chi connectivity index (χ4v) is 5.22. The Labute approximate surface area is 266 Å². The molecule has 0 saturated carbocycles. The number of carbonyl (C=O) groups is 2. The van der Waals surface area contributed by atoms with Crippen LogP contribution in [-0.4, -0.2) is 82.4 Å². The maximum absolute atomic E-state index is 15.6. The van der Waals surface area contributed by atoms with Gasteiger partial charge in [0.2, 0.25) is 0 Å². The molecule has 3 atom stereocenters. The molecular weight excluding hydrogens is 579 g/mol. The Balaban J connectivity index is 0.00000134. The third kappa shape index (κ3) is 9.93. The highest BCUT2D eigenvalue weighted by atomic mass is 19.1. The summed E-state index contributed by atoms with van der Waals surface area (Å²) in [6.07, 6.45) is 10.1. The molecule has 2 heterocycles. The van der Waals surface area contributed by atoms with E-state index in [1.165, 1.54) is 30.3 Å². The number of aldehydes is 1. The number of halogens is 1. The Bertz CT molecular complexity index is 1280. The van der Waals surface area contributed by atoms with Crippen LogP contribution in [0, 0.1) is 18.7 Å². The van der Waals surface area contributed by atoms with Gasteiger partial charge in [0.15, 0.2) is 12.0 Å². The lowest BCUT2D eigenvalue weighted by molar-refractivity contribution is -0.146. The van der Waals surface area contributed by atoms with Gasteiger partial charge in [-0.3, -0.25) is 19.4 Å². The third-order valence-corrected chi connectivity index (χ3v) is 6.99. The van der Waals surface area contributed by atoms with E-state index in [-0.39, 0.29) is 48.5 Å². The van der Waals surface area contributed by atoms with Gasteiger partial charge in [-0.05, 0) is 52.6 Å². The Hall–Kier alpha value is -3.63. The quantitative estimate of drug-likeness (QED) is 0.116. The van der Waals surface area contributed by atoms with Crippen molar-refractivity contribution >= 4 is 17.9 Å². The summed E-state index contributed by atoms with van der Waals surface area (Å²) in [6.45, 7) is 12.8. The number of allylic oxidation sites excluding steroid dienone is 1. The monoisotopic (exact) mass is 628 g/mol. The lowest BCUT2D eigenvalue weighted by Gasteiger charge is -2.35. The van der Waals surface area contributed by atoms with Crippen molar-refractivity contribution < 1.29 is 34.0 Å². The summed E-state index contributed by atoms with van der Waals surface area (Å²) in [5.41, 5.74) is -1.44. The Kier molecular flexibility index (Phi) is 16.1. The van der Waals surface area contributed by atoms with Crippen LogP contribution in [0.5, 0.6) is 0 Å². The van der Waals surface area contributed by atoms with Crippen LogP contribution < -0.4 is 10.6 Å². The van der Waals surface area contributed by atoms with Gasteiger partial charge in [0.05, 0.1) is 24.3 Å². The fourth-order valence-electron chi connectivity index (χ4n) is 5.22. The number of hydrogen-bond acceptors (Lipinski definition) is 9. The molecule has 2 aromatic rings. The first-order valence-corrected chi connectivity index (χ1v) is 14.9. The van der Waals surface area contributed by atoms with Crippen LogP contribution >= 0.6 is 0 Å². The number of rotatable bonds is 10. The molecule has 5 N–H and O–H groups in total. The molecule has 4 rings (SSSR count). The van der Waals surface area contributed by atoms with Crippen LogP contribution in [0.15, 0.2) is 49.1 Å². The van der Waals surface area contributed by atoms with Crippen LogP contribution in [0.4, 0.5) is 10.1 Å². The van der Waals surface area contributed by atoms with Gasteiger partial charge in [-0.1, -0.05) is 38.1 Å². The van der Waals surface area contributed by atoms with E-state index < -0.39 is 23.4 Å². The minimum atomic E-state index is -2.82. The average molecular weight is 629 g/mol. The molecule has 0 aliphatic carbocycles. The smallest absolute Gasteiger partial charge is 0.275 e. The first kappa shape index (κ1) is 39.4. The van der Waals surface area contributed by atoms with Crippen molar-refractivity contribution in [2.45, 2.75) is 77.5 Å². The average Bonchev–Trinajstić information content (AvgIpc) is 3.36. The fraction of sp³-hybridized carbons (Fsp3) is 0.471. The van der Waals surface area contributed by atoms with Gasteiger partial charge in [-0.2, -0.15) is 0 Å². The van der Waals surface area contributed by atoms with Crippen molar-refractivity contribution in [3.05, 3.63) is 77.1 Å². The summed E-state index contributed by atoms with van der Waals surface area (Å²) in [5.74, 6) is -4.16. The van der Waals surface area contributed by atoms with Gasteiger partial charge >= 0.3 is 0 Å². The molecule has 1 saturated heterocycles. The number of nitrogens with zero attached hydrogens (tertiary/aromatic N) is 2. The highest BCUT2D eigenvalue weighted by molar-refractivity contribution is 6.01. The summed E-state index contributed by atoms with van der Waals surface area (Å²) in [4.78, 5) is 27.9. The van der Waals surface area contributed by atoms with Crippen LogP contribution in [0.1, 0.15) is 67.6 Å². The van der Waals surface area contributed by atoms with Crippen molar-refractivity contribution in [2.24, 2.45) is 0 Å². The lowest BCUT2D eigenvalue weighted by atomic mass is 10.0. The van der Waals surface area contributed by atoms with Crippen molar-refractivity contribution in [1.29, 1.82) is 0 Å². The summed E-state index contributed by atoms with van der Waals surface area (Å²) in [6, 6.07) is 8.98. The first-order valence-electron chi connectivity index (χ1n) is 14.9. The summed E-state index contributed by atoms with van der Waals surface area (Å²) in [5, 5.41) is 38.1. The minimum absolute atomic E-state index is 0.00229. The molecule has 10 nitrogen and oxygen atoms in total. The van der Waals surface area contributed by atoms with E-state index in [2.05, 4.69) is 35.0 Å². The van der Waals surface area contributed by atoms with Crippen molar-refractivity contribution in [2.75, 3.05) is 32.5 Å². The normalized spacial score (nSPS) is 18.8. The molecule has 1 amide bonds. The van der Waals surface area contributed by atoms with E-state index in [1.807, 2.05) is 41.8 Å². The summed E-state index contributed by atoms with van der Waals surface area (Å²) in [7, 11) is 3.75. The summed E-state index contributed by atoms with van der Waals surface area (Å²) >= 11 is 0. The van der Waals surface area contributed by atoms with Gasteiger partial charge in [-0.25, -0.2) is 4.39 Å².